The highest BCUT2D eigenvalue weighted by atomic mass is 28.2. The molecule has 2 rings (SSSR count). The van der Waals surface area contributed by atoms with Crippen molar-refractivity contribution in [2.75, 3.05) is 0 Å². The van der Waals surface area contributed by atoms with E-state index >= 15 is 0 Å². The van der Waals surface area contributed by atoms with Crippen LogP contribution in [0, 0.1) is 0 Å². The molecule has 0 aliphatic heterocycles. The average molecular weight is 257 g/mol. The SMILES string of the molecule is CCCCc1ccccc1-c1ccccc1.[O][SiH3]. The minimum Gasteiger partial charge on any atom is -0.311 e. The van der Waals surface area contributed by atoms with E-state index in [0.29, 0.717) is 0 Å². The Labute approximate surface area is 113 Å². The van der Waals surface area contributed by atoms with E-state index in [-0.39, 0.29) is 10.5 Å². The summed E-state index contributed by atoms with van der Waals surface area (Å²) < 4.78 is 0. The van der Waals surface area contributed by atoms with Gasteiger partial charge in [0.15, 0.2) is 10.5 Å². The van der Waals surface area contributed by atoms with Gasteiger partial charge >= 0.3 is 0 Å². The minimum atomic E-state index is 0.0556. The highest BCUT2D eigenvalue weighted by Crippen LogP contribution is 2.24. The molecular formula is C16H21OSi. The first-order valence-electron chi connectivity index (χ1n) is 6.46. The van der Waals surface area contributed by atoms with Gasteiger partial charge in [0.05, 0.1) is 0 Å². The van der Waals surface area contributed by atoms with Gasteiger partial charge in [-0.2, -0.15) is 0 Å². The number of rotatable bonds is 4. The van der Waals surface area contributed by atoms with E-state index in [1.165, 1.54) is 36.0 Å². The summed E-state index contributed by atoms with van der Waals surface area (Å²) in [6.07, 6.45) is 3.70. The third-order valence-corrected chi connectivity index (χ3v) is 2.90. The van der Waals surface area contributed by atoms with Crippen molar-refractivity contribution < 1.29 is 4.80 Å². The van der Waals surface area contributed by atoms with Gasteiger partial charge in [-0.15, -0.1) is 0 Å². The molecule has 0 aliphatic carbocycles. The Morgan fingerprint density at radius 1 is 0.889 bits per heavy atom. The zero-order chi connectivity index (χ0) is 13.2. The standard InChI is InChI=1S/C16H18.H3OSi/c1-2-3-9-14-12-7-8-13-16(14)15-10-5-4-6-11-15;1-2/h4-8,10-13H,2-3,9H2,1H3;2H3. The number of hydrogen-bond acceptors (Lipinski definition) is 0. The van der Waals surface area contributed by atoms with E-state index in [4.69, 9.17) is 4.80 Å². The maximum absolute atomic E-state index is 8.39. The van der Waals surface area contributed by atoms with E-state index < -0.39 is 0 Å². The zero-order valence-corrected chi connectivity index (χ0v) is 13.2. The van der Waals surface area contributed by atoms with Gasteiger partial charge in [0.2, 0.25) is 0 Å². The summed E-state index contributed by atoms with van der Waals surface area (Å²) in [5.41, 5.74) is 4.18. The van der Waals surface area contributed by atoms with Crippen molar-refractivity contribution in [2.45, 2.75) is 26.2 Å². The predicted octanol–water partition coefficient (Wildman–Crippen LogP) is 3.39. The van der Waals surface area contributed by atoms with Gasteiger partial charge in [-0.1, -0.05) is 67.9 Å². The van der Waals surface area contributed by atoms with Crippen LogP contribution < -0.4 is 0 Å². The molecule has 0 aliphatic rings. The molecule has 1 radical (unpaired) electrons. The molecule has 1 nitrogen and oxygen atoms in total. The Balaban J connectivity index is 0.000000771. The normalized spacial score (nSPS) is 9.67. The Morgan fingerprint density at radius 3 is 2.17 bits per heavy atom. The quantitative estimate of drug-likeness (QED) is 0.748. The molecule has 0 fully saturated rings. The lowest BCUT2D eigenvalue weighted by Crippen LogP contribution is -1.89. The van der Waals surface area contributed by atoms with Crippen molar-refractivity contribution in [2.24, 2.45) is 0 Å². The topological polar surface area (TPSA) is 19.9 Å². The van der Waals surface area contributed by atoms with Gasteiger partial charge in [0, 0.05) is 0 Å². The first-order valence-corrected chi connectivity index (χ1v) is 7.27. The van der Waals surface area contributed by atoms with Crippen LogP contribution in [-0.2, 0) is 11.2 Å². The lowest BCUT2D eigenvalue weighted by molar-refractivity contribution is 0.496. The number of unbranched alkanes of at least 4 members (excludes halogenated alkanes) is 1. The van der Waals surface area contributed by atoms with Gasteiger partial charge in [0.1, 0.15) is 0 Å². The van der Waals surface area contributed by atoms with Crippen LogP contribution in [0.2, 0.25) is 0 Å². The second-order valence-electron chi connectivity index (χ2n) is 4.13. The number of hydrogen-bond donors (Lipinski definition) is 0. The lowest BCUT2D eigenvalue weighted by Gasteiger charge is -2.08. The second-order valence-corrected chi connectivity index (χ2v) is 4.13. The van der Waals surface area contributed by atoms with Crippen LogP contribution in [0.5, 0.6) is 0 Å². The summed E-state index contributed by atoms with van der Waals surface area (Å²) >= 11 is 0. The van der Waals surface area contributed by atoms with Crippen molar-refractivity contribution in [1.29, 1.82) is 0 Å². The smallest absolute Gasteiger partial charge is 0.191 e. The van der Waals surface area contributed by atoms with E-state index in [0.717, 1.165) is 0 Å². The molecule has 0 atom stereocenters. The maximum atomic E-state index is 8.39. The van der Waals surface area contributed by atoms with Crippen LogP contribution in [-0.4, -0.2) is 10.5 Å². The number of aryl methyl sites for hydroxylation is 1. The lowest BCUT2D eigenvalue weighted by atomic mass is 9.96. The predicted molar refractivity (Wildman–Crippen MR) is 81.1 cm³/mol. The summed E-state index contributed by atoms with van der Waals surface area (Å²) in [6, 6.07) is 19.4. The van der Waals surface area contributed by atoms with Crippen molar-refractivity contribution >= 4 is 10.5 Å². The Bertz CT molecular complexity index is 440. The van der Waals surface area contributed by atoms with Gasteiger partial charge in [-0.25, -0.2) is 0 Å². The van der Waals surface area contributed by atoms with Crippen molar-refractivity contribution in [3.05, 3.63) is 60.2 Å². The number of benzene rings is 2. The highest BCUT2D eigenvalue weighted by molar-refractivity contribution is 5.94. The largest absolute Gasteiger partial charge is 0.311 e. The van der Waals surface area contributed by atoms with E-state index in [1.54, 1.807) is 0 Å². The highest BCUT2D eigenvalue weighted by Gasteiger charge is 2.02. The van der Waals surface area contributed by atoms with Crippen LogP contribution in [0.15, 0.2) is 54.6 Å². The van der Waals surface area contributed by atoms with Crippen molar-refractivity contribution in [1.82, 2.24) is 0 Å². The molecule has 0 aromatic heterocycles. The average Bonchev–Trinajstić information content (AvgIpc) is 2.48. The minimum absolute atomic E-state index is 0.0556. The monoisotopic (exact) mass is 257 g/mol. The molecule has 2 aromatic carbocycles. The molecule has 0 unspecified atom stereocenters. The third-order valence-electron chi connectivity index (χ3n) is 2.90. The maximum Gasteiger partial charge on any atom is 0.191 e. The summed E-state index contributed by atoms with van der Waals surface area (Å²) in [4.78, 5) is 8.39. The first kappa shape index (κ1) is 14.7. The Hall–Kier alpha value is -1.38. The van der Waals surface area contributed by atoms with Crippen LogP contribution in [0.1, 0.15) is 25.3 Å². The molecule has 0 heterocycles. The summed E-state index contributed by atoms with van der Waals surface area (Å²) in [5, 5.41) is 0. The van der Waals surface area contributed by atoms with Crippen LogP contribution in [0.4, 0.5) is 0 Å². The van der Waals surface area contributed by atoms with Crippen LogP contribution >= 0.6 is 0 Å². The zero-order valence-electron chi connectivity index (χ0n) is 11.2. The van der Waals surface area contributed by atoms with E-state index in [1.807, 2.05) is 0 Å². The first-order chi connectivity index (χ1) is 8.92. The summed E-state index contributed by atoms with van der Waals surface area (Å²) in [6.45, 7) is 2.24. The Morgan fingerprint density at radius 2 is 1.50 bits per heavy atom. The van der Waals surface area contributed by atoms with E-state index in [9.17, 15) is 0 Å². The van der Waals surface area contributed by atoms with E-state index in [2.05, 4.69) is 61.5 Å². The van der Waals surface area contributed by atoms with Crippen molar-refractivity contribution in [3.63, 3.8) is 0 Å². The third kappa shape index (κ3) is 4.13. The summed E-state index contributed by atoms with van der Waals surface area (Å²) in [5.74, 6) is 0. The molecule has 18 heavy (non-hydrogen) atoms. The molecule has 0 spiro atoms. The molecule has 0 saturated heterocycles. The molecule has 95 valence electrons. The molecule has 2 aromatic rings. The van der Waals surface area contributed by atoms with Gasteiger partial charge in [0.25, 0.3) is 0 Å². The van der Waals surface area contributed by atoms with Gasteiger partial charge in [-0.05, 0) is 29.5 Å². The summed E-state index contributed by atoms with van der Waals surface area (Å²) in [7, 11) is 0.0556. The molecule has 0 bridgehead atoms. The molecule has 0 amide bonds. The fraction of sp³-hybridized carbons (Fsp3) is 0.250. The van der Waals surface area contributed by atoms with Gasteiger partial charge < -0.3 is 4.80 Å². The second kappa shape index (κ2) is 8.67. The Kier molecular flexibility index (Phi) is 7.07. The van der Waals surface area contributed by atoms with Crippen LogP contribution in [0.3, 0.4) is 0 Å². The van der Waals surface area contributed by atoms with Crippen LogP contribution in [0.25, 0.3) is 11.1 Å². The fourth-order valence-electron chi connectivity index (χ4n) is 2.00. The molecule has 0 saturated carbocycles. The van der Waals surface area contributed by atoms with Crippen molar-refractivity contribution in [3.8, 4) is 11.1 Å². The molecule has 0 N–H and O–H groups in total. The van der Waals surface area contributed by atoms with Gasteiger partial charge in [-0.3, -0.25) is 0 Å². The fourth-order valence-corrected chi connectivity index (χ4v) is 2.00. The molecular weight excluding hydrogens is 236 g/mol. The molecule has 2 heteroatoms.